The monoisotopic (exact) mass is 154 g/mol. The molecule has 0 saturated heterocycles. The van der Waals surface area contributed by atoms with Crippen molar-refractivity contribution in [1.82, 2.24) is 0 Å². The molecule has 1 aromatic rings. The molecule has 1 rings (SSSR count). The second-order valence-electron chi connectivity index (χ2n) is 1.93. The van der Waals surface area contributed by atoms with Gasteiger partial charge in [0.05, 0.1) is 7.11 Å². The summed E-state index contributed by atoms with van der Waals surface area (Å²) in [6.07, 6.45) is 0. The molecule has 0 unspecified atom stereocenters. The molecule has 0 aliphatic heterocycles. The SMILES string of the molecule is COC.COc1ccccc1. The van der Waals surface area contributed by atoms with E-state index in [1.807, 2.05) is 30.3 Å². The molecular formula is C9H14O2. The lowest BCUT2D eigenvalue weighted by atomic mass is 10.3. The standard InChI is InChI=1S/C7H8O.C2H6O/c1-8-7-5-3-2-4-6-7;1-3-2/h2-6H,1H3;1-2H3. The number of rotatable bonds is 1. The van der Waals surface area contributed by atoms with E-state index in [2.05, 4.69) is 4.74 Å². The van der Waals surface area contributed by atoms with Gasteiger partial charge in [0.1, 0.15) is 5.75 Å². The molecule has 0 saturated carbocycles. The Labute approximate surface area is 67.8 Å². The van der Waals surface area contributed by atoms with Gasteiger partial charge in [-0.3, -0.25) is 0 Å². The van der Waals surface area contributed by atoms with Crippen LogP contribution in [0.3, 0.4) is 0 Å². The molecule has 0 amide bonds. The Hall–Kier alpha value is -1.02. The molecule has 0 atom stereocenters. The molecule has 0 aliphatic rings. The van der Waals surface area contributed by atoms with Gasteiger partial charge in [-0.05, 0) is 12.1 Å². The predicted molar refractivity (Wildman–Crippen MR) is 45.9 cm³/mol. The molecule has 0 spiro atoms. The van der Waals surface area contributed by atoms with Gasteiger partial charge in [0.15, 0.2) is 0 Å². The van der Waals surface area contributed by atoms with E-state index in [4.69, 9.17) is 4.74 Å². The minimum absolute atomic E-state index is 0.910. The minimum atomic E-state index is 0.910. The Morgan fingerprint density at radius 2 is 1.36 bits per heavy atom. The Morgan fingerprint density at radius 1 is 0.909 bits per heavy atom. The first-order valence-electron chi connectivity index (χ1n) is 3.34. The fraction of sp³-hybridized carbons (Fsp3) is 0.333. The van der Waals surface area contributed by atoms with Gasteiger partial charge in [0, 0.05) is 14.2 Å². The number of benzene rings is 1. The molecule has 62 valence electrons. The van der Waals surface area contributed by atoms with Gasteiger partial charge >= 0.3 is 0 Å². The van der Waals surface area contributed by atoms with Crippen LogP contribution in [0.5, 0.6) is 5.75 Å². The number of hydrogen-bond donors (Lipinski definition) is 0. The summed E-state index contributed by atoms with van der Waals surface area (Å²) in [5.41, 5.74) is 0. The summed E-state index contributed by atoms with van der Waals surface area (Å²) in [5.74, 6) is 0.910. The molecule has 0 N–H and O–H groups in total. The van der Waals surface area contributed by atoms with Gasteiger partial charge in [-0.25, -0.2) is 0 Å². The Kier molecular flexibility index (Phi) is 6.43. The molecular weight excluding hydrogens is 140 g/mol. The molecule has 0 fully saturated rings. The van der Waals surface area contributed by atoms with Crippen LogP contribution in [0, 0.1) is 0 Å². The number of methoxy groups -OCH3 is 2. The molecule has 11 heavy (non-hydrogen) atoms. The highest BCUT2D eigenvalue weighted by atomic mass is 16.5. The van der Waals surface area contributed by atoms with Crippen LogP contribution in [0.15, 0.2) is 30.3 Å². The lowest BCUT2D eigenvalue weighted by Gasteiger charge is -1.93. The lowest BCUT2D eigenvalue weighted by molar-refractivity contribution is 0.277. The molecule has 0 radical (unpaired) electrons. The average molecular weight is 154 g/mol. The highest BCUT2D eigenvalue weighted by molar-refractivity contribution is 5.20. The van der Waals surface area contributed by atoms with Gasteiger partial charge in [0.25, 0.3) is 0 Å². The van der Waals surface area contributed by atoms with Crippen LogP contribution in [-0.4, -0.2) is 21.3 Å². The van der Waals surface area contributed by atoms with E-state index in [0.717, 1.165) is 5.75 Å². The Balaban J connectivity index is 0.000000292. The third-order valence-electron chi connectivity index (χ3n) is 0.979. The Morgan fingerprint density at radius 3 is 1.64 bits per heavy atom. The number of hydrogen-bond acceptors (Lipinski definition) is 2. The molecule has 1 aromatic carbocycles. The van der Waals surface area contributed by atoms with Crippen LogP contribution in [0.2, 0.25) is 0 Å². The van der Waals surface area contributed by atoms with Crippen molar-refractivity contribution in [2.45, 2.75) is 0 Å². The maximum absolute atomic E-state index is 4.91. The normalized spacial score (nSPS) is 7.91. The van der Waals surface area contributed by atoms with Crippen LogP contribution in [0.1, 0.15) is 0 Å². The second kappa shape index (κ2) is 7.09. The van der Waals surface area contributed by atoms with E-state index in [-0.39, 0.29) is 0 Å². The van der Waals surface area contributed by atoms with Gasteiger partial charge in [-0.15, -0.1) is 0 Å². The Bertz CT molecular complexity index is 160. The first kappa shape index (κ1) is 9.98. The van der Waals surface area contributed by atoms with Crippen molar-refractivity contribution in [2.24, 2.45) is 0 Å². The highest BCUT2D eigenvalue weighted by Crippen LogP contribution is 2.05. The fourth-order valence-corrected chi connectivity index (χ4v) is 0.557. The van der Waals surface area contributed by atoms with Crippen molar-refractivity contribution in [3.63, 3.8) is 0 Å². The maximum Gasteiger partial charge on any atom is 0.118 e. The van der Waals surface area contributed by atoms with E-state index in [1.165, 1.54) is 0 Å². The highest BCUT2D eigenvalue weighted by Gasteiger charge is 1.80. The van der Waals surface area contributed by atoms with Crippen molar-refractivity contribution in [3.8, 4) is 5.75 Å². The van der Waals surface area contributed by atoms with Crippen LogP contribution in [0.25, 0.3) is 0 Å². The second-order valence-corrected chi connectivity index (χ2v) is 1.93. The molecule has 0 aliphatic carbocycles. The van der Waals surface area contributed by atoms with Crippen molar-refractivity contribution < 1.29 is 9.47 Å². The van der Waals surface area contributed by atoms with E-state index >= 15 is 0 Å². The van der Waals surface area contributed by atoms with Gasteiger partial charge in [-0.2, -0.15) is 0 Å². The van der Waals surface area contributed by atoms with E-state index in [0.29, 0.717) is 0 Å². The van der Waals surface area contributed by atoms with Crippen LogP contribution < -0.4 is 4.74 Å². The number of para-hydroxylation sites is 1. The van der Waals surface area contributed by atoms with Crippen molar-refractivity contribution in [3.05, 3.63) is 30.3 Å². The summed E-state index contributed by atoms with van der Waals surface area (Å²) in [4.78, 5) is 0. The summed E-state index contributed by atoms with van der Waals surface area (Å²) in [6.45, 7) is 0. The summed E-state index contributed by atoms with van der Waals surface area (Å²) in [5, 5.41) is 0. The molecule has 0 heterocycles. The van der Waals surface area contributed by atoms with Crippen molar-refractivity contribution in [1.29, 1.82) is 0 Å². The van der Waals surface area contributed by atoms with E-state index in [1.54, 1.807) is 21.3 Å². The smallest absolute Gasteiger partial charge is 0.118 e. The zero-order valence-corrected chi connectivity index (χ0v) is 7.20. The predicted octanol–water partition coefficient (Wildman–Crippen LogP) is 1.96. The molecule has 2 heteroatoms. The topological polar surface area (TPSA) is 18.5 Å². The molecule has 0 bridgehead atoms. The third kappa shape index (κ3) is 5.43. The van der Waals surface area contributed by atoms with Crippen LogP contribution >= 0.6 is 0 Å². The first-order valence-corrected chi connectivity index (χ1v) is 3.34. The third-order valence-corrected chi connectivity index (χ3v) is 0.979. The summed E-state index contributed by atoms with van der Waals surface area (Å²) >= 11 is 0. The maximum atomic E-state index is 4.91. The van der Waals surface area contributed by atoms with Crippen LogP contribution in [0.4, 0.5) is 0 Å². The van der Waals surface area contributed by atoms with Crippen molar-refractivity contribution in [2.75, 3.05) is 21.3 Å². The van der Waals surface area contributed by atoms with Gasteiger partial charge in [-0.1, -0.05) is 18.2 Å². The van der Waals surface area contributed by atoms with Crippen molar-refractivity contribution >= 4 is 0 Å². The van der Waals surface area contributed by atoms with E-state index in [9.17, 15) is 0 Å². The summed E-state index contributed by atoms with van der Waals surface area (Å²) in [6, 6.07) is 9.68. The lowest BCUT2D eigenvalue weighted by Crippen LogP contribution is -1.78. The van der Waals surface area contributed by atoms with Gasteiger partial charge < -0.3 is 9.47 Å². The first-order chi connectivity index (χ1) is 5.35. The zero-order valence-electron chi connectivity index (χ0n) is 7.20. The quantitative estimate of drug-likeness (QED) is 0.615. The molecule has 2 nitrogen and oxygen atoms in total. The summed E-state index contributed by atoms with van der Waals surface area (Å²) in [7, 11) is 4.91. The zero-order chi connectivity index (χ0) is 8.53. The largest absolute Gasteiger partial charge is 0.497 e. The summed E-state index contributed by atoms with van der Waals surface area (Å²) < 4.78 is 9.16. The molecule has 0 aromatic heterocycles. The van der Waals surface area contributed by atoms with Gasteiger partial charge in [0.2, 0.25) is 0 Å². The minimum Gasteiger partial charge on any atom is -0.497 e. The number of ether oxygens (including phenoxy) is 2. The van der Waals surface area contributed by atoms with Crippen LogP contribution in [-0.2, 0) is 4.74 Å². The van der Waals surface area contributed by atoms with E-state index < -0.39 is 0 Å². The average Bonchev–Trinajstić information content (AvgIpc) is 2.08. The fourth-order valence-electron chi connectivity index (χ4n) is 0.557.